The smallest absolute Gasteiger partial charge is 0.159 e. The SMILES string of the molecule is CC(C)(C)S(=O)CC(c1ccc(F)c(F)c1)c1cn(C[Si](C)(C)C)nn1. The van der Waals surface area contributed by atoms with Crippen LogP contribution in [0.25, 0.3) is 0 Å². The van der Waals surface area contributed by atoms with E-state index in [0.717, 1.165) is 18.3 Å². The molecular formula is C18H27F2N3OSSi. The molecule has 0 fully saturated rings. The molecule has 0 bridgehead atoms. The summed E-state index contributed by atoms with van der Waals surface area (Å²) in [5.74, 6) is -1.93. The van der Waals surface area contributed by atoms with Crippen molar-refractivity contribution in [1.29, 1.82) is 0 Å². The number of halogens is 2. The Morgan fingerprint density at radius 2 is 1.85 bits per heavy atom. The molecule has 0 aliphatic rings. The van der Waals surface area contributed by atoms with Crippen molar-refractivity contribution in [1.82, 2.24) is 15.0 Å². The van der Waals surface area contributed by atoms with Gasteiger partial charge in [-0.1, -0.05) is 30.9 Å². The van der Waals surface area contributed by atoms with Crippen molar-refractivity contribution in [3.05, 3.63) is 47.3 Å². The van der Waals surface area contributed by atoms with E-state index in [0.29, 0.717) is 11.3 Å². The predicted molar refractivity (Wildman–Crippen MR) is 104 cm³/mol. The third-order valence-electron chi connectivity index (χ3n) is 3.90. The van der Waals surface area contributed by atoms with Crippen molar-refractivity contribution in [2.75, 3.05) is 5.75 Å². The monoisotopic (exact) mass is 399 g/mol. The molecular weight excluding hydrogens is 372 g/mol. The van der Waals surface area contributed by atoms with Crippen LogP contribution in [-0.2, 0) is 17.0 Å². The van der Waals surface area contributed by atoms with Crippen LogP contribution in [0, 0.1) is 11.6 Å². The maximum atomic E-state index is 13.8. The molecule has 1 aromatic heterocycles. The lowest BCUT2D eigenvalue weighted by Crippen LogP contribution is -2.28. The molecule has 2 rings (SSSR count). The molecule has 0 saturated heterocycles. The Kier molecular flexibility index (Phi) is 6.17. The highest BCUT2D eigenvalue weighted by atomic mass is 32.2. The van der Waals surface area contributed by atoms with Gasteiger partial charge in [-0.2, -0.15) is 0 Å². The molecule has 0 N–H and O–H groups in total. The van der Waals surface area contributed by atoms with Crippen LogP contribution in [0.3, 0.4) is 0 Å². The Hall–Kier alpha value is -1.41. The lowest BCUT2D eigenvalue weighted by molar-refractivity contribution is 0.506. The van der Waals surface area contributed by atoms with E-state index in [1.165, 1.54) is 6.07 Å². The van der Waals surface area contributed by atoms with Crippen molar-refractivity contribution in [3.63, 3.8) is 0 Å². The van der Waals surface area contributed by atoms with Crippen LogP contribution in [0.5, 0.6) is 0 Å². The summed E-state index contributed by atoms with van der Waals surface area (Å²) in [6, 6.07) is 3.79. The highest BCUT2D eigenvalue weighted by molar-refractivity contribution is 7.86. The molecule has 0 spiro atoms. The average molecular weight is 400 g/mol. The van der Waals surface area contributed by atoms with E-state index in [1.54, 1.807) is 4.68 Å². The van der Waals surface area contributed by atoms with Gasteiger partial charge >= 0.3 is 0 Å². The van der Waals surface area contributed by atoms with Crippen LogP contribution >= 0.6 is 0 Å². The first kappa shape index (κ1) is 20.9. The lowest BCUT2D eigenvalue weighted by atomic mass is 9.98. The zero-order chi connectivity index (χ0) is 19.7. The Morgan fingerprint density at radius 1 is 1.19 bits per heavy atom. The van der Waals surface area contributed by atoms with Crippen LogP contribution in [0.1, 0.15) is 37.9 Å². The minimum atomic E-state index is -1.39. The topological polar surface area (TPSA) is 47.8 Å². The first-order valence-corrected chi connectivity index (χ1v) is 13.6. The molecule has 1 aromatic carbocycles. The average Bonchev–Trinajstić information content (AvgIpc) is 2.92. The van der Waals surface area contributed by atoms with Crippen molar-refractivity contribution < 1.29 is 13.0 Å². The van der Waals surface area contributed by atoms with Gasteiger partial charge in [0, 0.05) is 39.6 Å². The molecule has 2 unspecified atom stereocenters. The molecule has 26 heavy (non-hydrogen) atoms. The normalized spacial score (nSPS) is 15.1. The van der Waals surface area contributed by atoms with Gasteiger partial charge in [-0.15, -0.1) is 5.10 Å². The minimum Gasteiger partial charge on any atom is -0.259 e. The molecule has 0 amide bonds. The first-order valence-electron chi connectivity index (χ1n) is 8.60. The summed E-state index contributed by atoms with van der Waals surface area (Å²) < 4.78 is 41.2. The zero-order valence-corrected chi connectivity index (χ0v) is 18.0. The van der Waals surface area contributed by atoms with Gasteiger partial charge < -0.3 is 0 Å². The number of hydrogen-bond acceptors (Lipinski definition) is 3. The molecule has 0 aliphatic heterocycles. The Bertz CT molecular complexity index is 796. The summed E-state index contributed by atoms with van der Waals surface area (Å²) in [7, 11) is -2.56. The minimum absolute atomic E-state index is 0.278. The molecule has 4 nitrogen and oxygen atoms in total. The maximum Gasteiger partial charge on any atom is 0.159 e. The molecule has 0 aliphatic carbocycles. The van der Waals surface area contributed by atoms with E-state index in [9.17, 15) is 13.0 Å². The highest BCUT2D eigenvalue weighted by Crippen LogP contribution is 2.28. The van der Waals surface area contributed by atoms with Crippen LogP contribution in [0.15, 0.2) is 24.4 Å². The van der Waals surface area contributed by atoms with Crippen molar-refractivity contribution in [2.45, 2.75) is 57.2 Å². The van der Waals surface area contributed by atoms with Crippen LogP contribution in [0.2, 0.25) is 19.6 Å². The lowest BCUT2D eigenvalue weighted by Gasteiger charge is -2.22. The maximum absolute atomic E-state index is 13.8. The number of rotatable bonds is 6. The molecule has 2 aromatic rings. The molecule has 2 atom stereocenters. The Labute approximate surface area is 157 Å². The van der Waals surface area contributed by atoms with Gasteiger partial charge in [-0.3, -0.25) is 8.89 Å². The van der Waals surface area contributed by atoms with Gasteiger partial charge in [0.05, 0.1) is 13.8 Å². The highest BCUT2D eigenvalue weighted by Gasteiger charge is 2.28. The Morgan fingerprint density at radius 3 is 2.38 bits per heavy atom. The summed E-state index contributed by atoms with van der Waals surface area (Å²) in [4.78, 5) is 0. The van der Waals surface area contributed by atoms with E-state index in [-0.39, 0.29) is 5.75 Å². The van der Waals surface area contributed by atoms with Gasteiger partial charge in [0.2, 0.25) is 0 Å². The number of benzene rings is 1. The van der Waals surface area contributed by atoms with Gasteiger partial charge in [0.15, 0.2) is 11.6 Å². The zero-order valence-electron chi connectivity index (χ0n) is 16.2. The molecule has 144 valence electrons. The first-order chi connectivity index (χ1) is 11.9. The second-order valence-electron chi connectivity index (χ2n) is 8.75. The van der Waals surface area contributed by atoms with E-state index >= 15 is 0 Å². The molecule has 8 heteroatoms. The standard InChI is InChI=1S/C18H27F2N3OSSi/c1-18(2,3)25(24)11-14(13-7-8-15(19)16(20)9-13)17-10-23(22-21-17)12-26(4,5)6/h7-10,14H,11-12H2,1-6H3. The largest absolute Gasteiger partial charge is 0.259 e. The summed E-state index contributed by atoms with van der Waals surface area (Å²) in [6.07, 6.45) is 2.65. The third kappa shape index (κ3) is 5.54. The summed E-state index contributed by atoms with van der Waals surface area (Å²) in [5, 5.41) is 8.44. The van der Waals surface area contributed by atoms with Crippen LogP contribution in [-0.4, -0.2) is 37.8 Å². The van der Waals surface area contributed by atoms with Gasteiger partial charge in [-0.05, 0) is 38.5 Å². The number of hydrogen-bond donors (Lipinski definition) is 0. The van der Waals surface area contributed by atoms with E-state index < -0.39 is 41.2 Å². The quantitative estimate of drug-likeness (QED) is 0.687. The second-order valence-corrected chi connectivity index (χ2v) is 16.4. The summed E-state index contributed by atoms with van der Waals surface area (Å²) in [5.41, 5.74) is 1.19. The van der Waals surface area contributed by atoms with Crippen LogP contribution < -0.4 is 0 Å². The van der Waals surface area contributed by atoms with Crippen molar-refractivity contribution in [3.8, 4) is 0 Å². The van der Waals surface area contributed by atoms with E-state index in [4.69, 9.17) is 0 Å². The predicted octanol–water partition coefficient (Wildman–Crippen LogP) is 4.11. The molecule has 0 saturated carbocycles. The summed E-state index contributed by atoms with van der Waals surface area (Å²) >= 11 is 0. The molecule has 1 heterocycles. The fourth-order valence-electron chi connectivity index (χ4n) is 2.52. The van der Waals surface area contributed by atoms with Gasteiger partial charge in [-0.25, -0.2) is 8.78 Å². The second kappa shape index (κ2) is 7.68. The van der Waals surface area contributed by atoms with E-state index in [1.807, 2.05) is 27.0 Å². The Balaban J connectivity index is 2.40. The number of nitrogens with zero attached hydrogens (tertiary/aromatic N) is 3. The van der Waals surface area contributed by atoms with Gasteiger partial charge in [0.25, 0.3) is 0 Å². The van der Waals surface area contributed by atoms with Gasteiger partial charge in [0.1, 0.15) is 0 Å². The number of aromatic nitrogens is 3. The van der Waals surface area contributed by atoms with Crippen molar-refractivity contribution in [2.24, 2.45) is 0 Å². The third-order valence-corrected chi connectivity index (χ3v) is 7.17. The molecule has 0 radical (unpaired) electrons. The fraction of sp³-hybridized carbons (Fsp3) is 0.556. The van der Waals surface area contributed by atoms with E-state index in [2.05, 4.69) is 30.0 Å². The fourth-order valence-corrected chi connectivity index (χ4v) is 4.81. The van der Waals surface area contributed by atoms with Crippen LogP contribution in [0.4, 0.5) is 8.78 Å². The summed E-state index contributed by atoms with van der Waals surface area (Å²) in [6.45, 7) is 12.4. The van der Waals surface area contributed by atoms with Crippen molar-refractivity contribution >= 4 is 18.9 Å².